The number of amidine groups is 3. The third kappa shape index (κ3) is 7.14. The van der Waals surface area contributed by atoms with E-state index in [1.54, 1.807) is 0 Å². The van der Waals surface area contributed by atoms with E-state index in [1.807, 2.05) is 6.92 Å². The van der Waals surface area contributed by atoms with Crippen molar-refractivity contribution in [3.05, 3.63) is 35.3 Å². The van der Waals surface area contributed by atoms with Crippen LogP contribution >= 0.6 is 0 Å². The average molecular weight is 509 g/mol. The van der Waals surface area contributed by atoms with Gasteiger partial charge < -0.3 is 16.0 Å². The summed E-state index contributed by atoms with van der Waals surface area (Å²) >= 11 is 0. The predicted molar refractivity (Wildman–Crippen MR) is 160 cm³/mol. The summed E-state index contributed by atoms with van der Waals surface area (Å²) in [5.41, 5.74) is 3.81. The Balaban J connectivity index is 1.88. The first-order chi connectivity index (χ1) is 17.0. The van der Waals surface area contributed by atoms with Gasteiger partial charge in [-0.25, -0.2) is 0 Å². The molecule has 0 aromatic carbocycles. The van der Waals surface area contributed by atoms with Crippen LogP contribution in [0.15, 0.2) is 50.3 Å². The Bertz CT molecular complexity index is 1040. The minimum absolute atomic E-state index is 0.0310. The van der Waals surface area contributed by atoms with E-state index in [2.05, 4.69) is 110 Å². The Kier molecular flexibility index (Phi) is 8.51. The van der Waals surface area contributed by atoms with Crippen LogP contribution in [0.25, 0.3) is 0 Å². The largest absolute Gasteiger partial charge is 0.351 e. The molecule has 3 N–H and O–H groups in total. The molecule has 3 aliphatic heterocycles. The molecule has 3 unspecified atom stereocenters. The van der Waals surface area contributed by atoms with E-state index < -0.39 is 0 Å². The van der Waals surface area contributed by atoms with Crippen LogP contribution in [0.1, 0.15) is 102 Å². The normalized spacial score (nSPS) is 25.1. The number of aliphatic imine (C=N–C) groups is 3. The second-order valence-corrected chi connectivity index (χ2v) is 14.0. The Morgan fingerprint density at radius 1 is 0.811 bits per heavy atom. The number of nitrogens with zero attached hydrogens (tertiary/aromatic N) is 3. The molecule has 0 saturated carbocycles. The molecule has 0 fully saturated rings. The number of allylic oxidation sites excluding steroid dienone is 2. The first-order valence-corrected chi connectivity index (χ1v) is 14.1. The maximum atomic E-state index is 5.24. The van der Waals surface area contributed by atoms with Crippen LogP contribution in [0.3, 0.4) is 0 Å². The molecule has 0 aliphatic carbocycles. The van der Waals surface area contributed by atoms with Gasteiger partial charge in [0.25, 0.3) is 0 Å². The van der Waals surface area contributed by atoms with Gasteiger partial charge in [0.1, 0.15) is 11.7 Å². The number of nitrogens with one attached hydrogen (secondary N) is 3. The van der Waals surface area contributed by atoms with E-state index in [4.69, 9.17) is 15.0 Å². The van der Waals surface area contributed by atoms with Gasteiger partial charge in [-0.3, -0.25) is 15.0 Å². The lowest BCUT2D eigenvalue weighted by Crippen LogP contribution is -2.42. The van der Waals surface area contributed by atoms with E-state index >= 15 is 0 Å². The highest BCUT2D eigenvalue weighted by Crippen LogP contribution is 2.39. The standard InChI is InChI=1S/C31H52N6/c1-13-26-34-22(14-24(36-26)29(6,7)8)16-30(9,10)25-15-23(35-28(37-25)19(2)3)17-31(11,12)27-20(4)18-32-21(5)33-27/h14-15,18-19,24-25,27H,13,16-17H2,1-12H3,(H,32,33)(H,34,36)(H,35,37). The zero-order valence-electron chi connectivity index (χ0n) is 25.5. The second kappa shape index (κ2) is 10.8. The van der Waals surface area contributed by atoms with Gasteiger partial charge in [0.05, 0.1) is 24.0 Å². The lowest BCUT2D eigenvalue weighted by Gasteiger charge is -2.39. The van der Waals surface area contributed by atoms with E-state index in [9.17, 15) is 0 Å². The molecule has 3 atom stereocenters. The first-order valence-electron chi connectivity index (χ1n) is 14.1. The summed E-state index contributed by atoms with van der Waals surface area (Å²) < 4.78 is 0. The molecule has 6 nitrogen and oxygen atoms in total. The summed E-state index contributed by atoms with van der Waals surface area (Å²) in [6, 6.07) is 0.433. The predicted octanol–water partition coefficient (Wildman–Crippen LogP) is 6.73. The first kappa shape index (κ1) is 29.2. The minimum atomic E-state index is -0.0611. The van der Waals surface area contributed by atoms with E-state index in [0.717, 1.165) is 36.8 Å². The van der Waals surface area contributed by atoms with Gasteiger partial charge in [-0.1, -0.05) is 69.2 Å². The second-order valence-electron chi connectivity index (χ2n) is 14.0. The van der Waals surface area contributed by atoms with E-state index in [-0.39, 0.29) is 34.4 Å². The third-order valence-electron chi connectivity index (χ3n) is 7.75. The van der Waals surface area contributed by atoms with Gasteiger partial charge >= 0.3 is 0 Å². The van der Waals surface area contributed by atoms with Crippen molar-refractivity contribution in [2.24, 2.45) is 37.1 Å². The smallest absolute Gasteiger partial charge is 0.104 e. The fourth-order valence-corrected chi connectivity index (χ4v) is 5.40. The Labute approximate surface area is 226 Å². The van der Waals surface area contributed by atoms with Crippen LogP contribution in [0.4, 0.5) is 0 Å². The molecule has 3 heterocycles. The Morgan fingerprint density at radius 2 is 1.41 bits per heavy atom. The highest BCUT2D eigenvalue weighted by atomic mass is 15.1. The average Bonchev–Trinajstić information content (AvgIpc) is 2.78. The lowest BCUT2D eigenvalue weighted by atomic mass is 9.74. The third-order valence-corrected chi connectivity index (χ3v) is 7.75. The van der Waals surface area contributed by atoms with Gasteiger partial charge in [-0.05, 0) is 60.7 Å². The van der Waals surface area contributed by atoms with Crippen LogP contribution < -0.4 is 16.0 Å². The quantitative estimate of drug-likeness (QED) is 0.340. The molecule has 0 bridgehead atoms. The lowest BCUT2D eigenvalue weighted by molar-refractivity contribution is 0.291. The molecule has 0 aromatic heterocycles. The molecule has 0 radical (unpaired) electrons. The molecular weight excluding hydrogens is 456 g/mol. The van der Waals surface area contributed by atoms with E-state index in [0.29, 0.717) is 5.92 Å². The number of rotatable bonds is 8. The highest BCUT2D eigenvalue weighted by molar-refractivity contribution is 5.87. The molecule has 0 aromatic rings. The van der Waals surface area contributed by atoms with Crippen molar-refractivity contribution < 1.29 is 0 Å². The van der Waals surface area contributed by atoms with Crippen molar-refractivity contribution in [2.45, 2.75) is 120 Å². The molecule has 3 rings (SSSR count). The number of hydrogen-bond donors (Lipinski definition) is 3. The van der Waals surface area contributed by atoms with Crippen LogP contribution in [0, 0.1) is 22.2 Å². The number of hydrogen-bond acceptors (Lipinski definition) is 6. The molecule has 37 heavy (non-hydrogen) atoms. The van der Waals surface area contributed by atoms with Gasteiger partial charge in [0.2, 0.25) is 0 Å². The summed E-state index contributed by atoms with van der Waals surface area (Å²) in [6.07, 6.45) is 9.58. The topological polar surface area (TPSA) is 73.2 Å². The summed E-state index contributed by atoms with van der Waals surface area (Å²) in [5.74, 6) is 3.48. The van der Waals surface area contributed by atoms with Gasteiger partial charge in [0.15, 0.2) is 0 Å². The van der Waals surface area contributed by atoms with E-state index in [1.165, 1.54) is 17.0 Å². The maximum absolute atomic E-state index is 5.24. The maximum Gasteiger partial charge on any atom is 0.104 e. The summed E-state index contributed by atoms with van der Waals surface area (Å²) in [4.78, 5) is 15.2. The van der Waals surface area contributed by atoms with Crippen molar-refractivity contribution in [1.29, 1.82) is 0 Å². The van der Waals surface area contributed by atoms with Crippen LogP contribution in [-0.2, 0) is 0 Å². The summed E-state index contributed by atoms with van der Waals surface area (Å²) in [5, 5.41) is 10.6. The summed E-state index contributed by atoms with van der Waals surface area (Å²) in [6.45, 7) is 27.0. The monoisotopic (exact) mass is 508 g/mol. The molecular formula is C31H52N6. The Morgan fingerprint density at radius 3 is 2.00 bits per heavy atom. The fraction of sp³-hybridized carbons (Fsp3) is 0.710. The highest BCUT2D eigenvalue weighted by Gasteiger charge is 2.37. The molecule has 3 aliphatic rings. The summed E-state index contributed by atoms with van der Waals surface area (Å²) in [7, 11) is 0. The molecule has 0 saturated heterocycles. The van der Waals surface area contributed by atoms with Crippen molar-refractivity contribution in [2.75, 3.05) is 0 Å². The molecule has 0 spiro atoms. The van der Waals surface area contributed by atoms with Gasteiger partial charge in [-0.2, -0.15) is 0 Å². The van der Waals surface area contributed by atoms with Gasteiger partial charge in [0, 0.05) is 29.9 Å². The Hall–Kier alpha value is -2.37. The fourth-order valence-electron chi connectivity index (χ4n) is 5.40. The van der Waals surface area contributed by atoms with Crippen molar-refractivity contribution in [1.82, 2.24) is 16.0 Å². The van der Waals surface area contributed by atoms with Gasteiger partial charge in [-0.15, -0.1) is 0 Å². The van der Waals surface area contributed by atoms with Crippen LogP contribution in [-0.4, -0.2) is 35.6 Å². The zero-order chi connectivity index (χ0) is 27.8. The SMILES string of the molecule is CCC1=NC(C(C)(C)C)C=C(CC(C)(C)C2C=C(CC(C)(C)C3N=C(C)NC=C3C)NC(C(C)C)=N2)N1. The van der Waals surface area contributed by atoms with Crippen molar-refractivity contribution >= 4 is 17.5 Å². The van der Waals surface area contributed by atoms with Crippen molar-refractivity contribution in [3.8, 4) is 0 Å². The molecule has 206 valence electrons. The minimum Gasteiger partial charge on any atom is -0.351 e. The molecule has 0 amide bonds. The van der Waals surface area contributed by atoms with Crippen LogP contribution in [0.5, 0.6) is 0 Å². The van der Waals surface area contributed by atoms with Crippen LogP contribution in [0.2, 0.25) is 0 Å². The zero-order valence-corrected chi connectivity index (χ0v) is 25.5. The van der Waals surface area contributed by atoms with Crippen molar-refractivity contribution in [3.63, 3.8) is 0 Å². The molecule has 6 heteroatoms.